The number of likely N-dealkylation sites (tertiary alicyclic amines) is 1. The predicted octanol–water partition coefficient (Wildman–Crippen LogP) is 3.54. The zero-order chi connectivity index (χ0) is 18.2. The number of hydrogen-bond donors (Lipinski definition) is 1. The summed E-state index contributed by atoms with van der Waals surface area (Å²) in [4.78, 5) is 14.6. The Bertz CT molecular complexity index is 708. The molecule has 26 heavy (non-hydrogen) atoms. The van der Waals surface area contributed by atoms with Crippen molar-refractivity contribution in [3.63, 3.8) is 0 Å². The molecule has 2 aromatic rings. The van der Waals surface area contributed by atoms with Gasteiger partial charge in [0.2, 0.25) is 0 Å². The Labute approximate surface area is 160 Å². The number of nitrogens with zero attached hydrogens (tertiary/aromatic N) is 1. The lowest BCUT2D eigenvalue weighted by Crippen LogP contribution is -2.49. The first kappa shape index (κ1) is 18.7. The quantitative estimate of drug-likeness (QED) is 0.808. The zero-order valence-electron chi connectivity index (χ0n) is 14.9. The van der Waals surface area contributed by atoms with Gasteiger partial charge in [-0.2, -0.15) is 0 Å². The monoisotopic (exact) mass is 372 g/mol. The molecule has 0 saturated carbocycles. The third kappa shape index (κ3) is 5.75. The Hall–Kier alpha value is -2.04. The van der Waals surface area contributed by atoms with Crippen molar-refractivity contribution in [3.05, 3.63) is 65.2 Å². The van der Waals surface area contributed by atoms with Gasteiger partial charge in [0, 0.05) is 19.1 Å². The molecule has 1 aliphatic rings. The van der Waals surface area contributed by atoms with Crippen LogP contribution in [0.3, 0.4) is 0 Å². The molecule has 1 saturated heterocycles. The van der Waals surface area contributed by atoms with Crippen molar-refractivity contribution in [3.8, 4) is 5.75 Å². The van der Waals surface area contributed by atoms with Gasteiger partial charge in [0.25, 0.3) is 5.91 Å². The van der Waals surface area contributed by atoms with Crippen molar-refractivity contribution in [2.24, 2.45) is 0 Å². The van der Waals surface area contributed by atoms with E-state index in [-0.39, 0.29) is 18.6 Å². The van der Waals surface area contributed by atoms with E-state index in [0.29, 0.717) is 10.8 Å². The lowest BCUT2D eigenvalue weighted by molar-refractivity contribution is -0.124. The van der Waals surface area contributed by atoms with E-state index in [1.54, 1.807) is 12.1 Å². The Kier molecular flexibility index (Phi) is 6.92. The van der Waals surface area contributed by atoms with Crippen LogP contribution in [0.25, 0.3) is 0 Å². The van der Waals surface area contributed by atoms with Crippen LogP contribution in [-0.2, 0) is 11.2 Å². The second-order valence-corrected chi connectivity index (χ2v) is 7.07. The standard InChI is InChI=1S/C21H25ClN2O2/c22-19-10-4-5-11-20(19)26-16-21(25)23-18-9-6-13-24(15-18)14-12-17-7-2-1-3-8-17/h1-5,7-8,10-11,18H,6,9,12-16H2,(H,23,25). The zero-order valence-corrected chi connectivity index (χ0v) is 15.6. The van der Waals surface area contributed by atoms with Crippen LogP contribution in [0.2, 0.25) is 5.02 Å². The maximum absolute atomic E-state index is 12.2. The second kappa shape index (κ2) is 9.60. The molecule has 5 heteroatoms. The molecule has 1 amide bonds. The fourth-order valence-corrected chi connectivity index (χ4v) is 3.47. The topological polar surface area (TPSA) is 41.6 Å². The van der Waals surface area contributed by atoms with E-state index in [2.05, 4.69) is 34.5 Å². The molecular weight excluding hydrogens is 348 g/mol. The Morgan fingerprint density at radius 2 is 1.92 bits per heavy atom. The summed E-state index contributed by atoms with van der Waals surface area (Å²) in [7, 11) is 0. The number of para-hydroxylation sites is 1. The van der Waals surface area contributed by atoms with Crippen LogP contribution in [0, 0.1) is 0 Å². The number of halogens is 1. The highest BCUT2D eigenvalue weighted by molar-refractivity contribution is 6.32. The number of benzene rings is 2. The summed E-state index contributed by atoms with van der Waals surface area (Å²) < 4.78 is 5.51. The second-order valence-electron chi connectivity index (χ2n) is 6.66. The van der Waals surface area contributed by atoms with Gasteiger partial charge < -0.3 is 15.0 Å². The summed E-state index contributed by atoms with van der Waals surface area (Å²) in [6.07, 6.45) is 3.15. The summed E-state index contributed by atoms with van der Waals surface area (Å²) in [5.74, 6) is 0.442. The number of ether oxygens (including phenoxy) is 1. The molecule has 1 atom stereocenters. The van der Waals surface area contributed by atoms with Crippen molar-refractivity contribution in [1.29, 1.82) is 0 Å². The normalized spacial score (nSPS) is 17.7. The van der Waals surface area contributed by atoms with Crippen LogP contribution in [0.4, 0.5) is 0 Å². The molecule has 1 aliphatic heterocycles. The Morgan fingerprint density at radius 1 is 1.15 bits per heavy atom. The lowest BCUT2D eigenvalue weighted by Gasteiger charge is -2.33. The van der Waals surface area contributed by atoms with Crippen LogP contribution in [0.5, 0.6) is 5.75 Å². The molecular formula is C21H25ClN2O2. The highest BCUT2D eigenvalue weighted by Gasteiger charge is 2.21. The summed E-state index contributed by atoms with van der Waals surface area (Å²) >= 11 is 6.04. The maximum Gasteiger partial charge on any atom is 0.258 e. The molecule has 1 heterocycles. The van der Waals surface area contributed by atoms with Crippen LogP contribution in [0.15, 0.2) is 54.6 Å². The molecule has 1 unspecified atom stereocenters. The Morgan fingerprint density at radius 3 is 2.73 bits per heavy atom. The van der Waals surface area contributed by atoms with Crippen molar-refractivity contribution < 1.29 is 9.53 Å². The van der Waals surface area contributed by atoms with Gasteiger partial charge in [-0.25, -0.2) is 0 Å². The van der Waals surface area contributed by atoms with Gasteiger partial charge in [0.05, 0.1) is 5.02 Å². The van der Waals surface area contributed by atoms with Gasteiger partial charge in [-0.3, -0.25) is 4.79 Å². The van der Waals surface area contributed by atoms with Crippen LogP contribution in [0.1, 0.15) is 18.4 Å². The average Bonchev–Trinajstić information content (AvgIpc) is 2.67. The number of nitrogens with one attached hydrogen (secondary N) is 1. The fraction of sp³-hybridized carbons (Fsp3) is 0.381. The molecule has 1 N–H and O–H groups in total. The summed E-state index contributed by atoms with van der Waals surface area (Å²) in [6, 6.07) is 17.9. The van der Waals surface area contributed by atoms with E-state index >= 15 is 0 Å². The predicted molar refractivity (Wildman–Crippen MR) is 105 cm³/mol. The van der Waals surface area contributed by atoms with Gasteiger partial charge in [-0.05, 0) is 43.5 Å². The van der Waals surface area contributed by atoms with Gasteiger partial charge >= 0.3 is 0 Å². The highest BCUT2D eigenvalue weighted by atomic mass is 35.5. The van der Waals surface area contributed by atoms with Gasteiger partial charge in [0.1, 0.15) is 5.75 Å². The van der Waals surface area contributed by atoms with Crippen molar-refractivity contribution in [1.82, 2.24) is 10.2 Å². The molecule has 1 fully saturated rings. The Balaban J connectivity index is 1.41. The highest BCUT2D eigenvalue weighted by Crippen LogP contribution is 2.22. The first-order valence-electron chi connectivity index (χ1n) is 9.13. The SMILES string of the molecule is O=C(COc1ccccc1Cl)NC1CCCN(CCc2ccccc2)C1. The van der Waals surface area contributed by atoms with E-state index in [0.717, 1.165) is 38.9 Å². The van der Waals surface area contributed by atoms with Crippen LogP contribution < -0.4 is 10.1 Å². The van der Waals surface area contributed by atoms with E-state index < -0.39 is 0 Å². The smallest absolute Gasteiger partial charge is 0.258 e. The molecule has 0 bridgehead atoms. The van der Waals surface area contributed by atoms with E-state index in [9.17, 15) is 4.79 Å². The molecule has 4 nitrogen and oxygen atoms in total. The number of carbonyl (C=O) groups is 1. The molecule has 0 aliphatic carbocycles. The number of amides is 1. The van der Waals surface area contributed by atoms with Gasteiger partial charge in [0.15, 0.2) is 6.61 Å². The first-order valence-corrected chi connectivity index (χ1v) is 9.51. The number of carbonyl (C=O) groups excluding carboxylic acids is 1. The largest absolute Gasteiger partial charge is 0.482 e. The fourth-order valence-electron chi connectivity index (χ4n) is 3.28. The maximum atomic E-state index is 12.2. The summed E-state index contributed by atoms with van der Waals surface area (Å²) in [5, 5.41) is 3.61. The molecule has 138 valence electrons. The number of hydrogen-bond acceptors (Lipinski definition) is 3. The van der Waals surface area contributed by atoms with E-state index in [4.69, 9.17) is 16.3 Å². The minimum absolute atomic E-state index is 0.00967. The third-order valence-corrected chi connectivity index (χ3v) is 4.94. The molecule has 2 aromatic carbocycles. The lowest BCUT2D eigenvalue weighted by atomic mass is 10.0. The van der Waals surface area contributed by atoms with Crippen LogP contribution >= 0.6 is 11.6 Å². The third-order valence-electron chi connectivity index (χ3n) is 4.63. The minimum atomic E-state index is -0.0974. The summed E-state index contributed by atoms with van der Waals surface area (Å²) in [5.41, 5.74) is 1.35. The first-order chi connectivity index (χ1) is 12.7. The molecule has 3 rings (SSSR count). The van der Waals surface area contributed by atoms with Crippen molar-refractivity contribution >= 4 is 17.5 Å². The van der Waals surface area contributed by atoms with Crippen molar-refractivity contribution in [2.45, 2.75) is 25.3 Å². The molecule has 0 spiro atoms. The van der Waals surface area contributed by atoms with Gasteiger partial charge in [-0.15, -0.1) is 0 Å². The summed E-state index contributed by atoms with van der Waals surface area (Å²) in [6.45, 7) is 3.00. The number of piperidine rings is 1. The van der Waals surface area contributed by atoms with E-state index in [1.165, 1.54) is 5.56 Å². The molecule has 0 aromatic heterocycles. The number of rotatable bonds is 7. The van der Waals surface area contributed by atoms with Crippen LogP contribution in [-0.4, -0.2) is 43.1 Å². The minimum Gasteiger partial charge on any atom is -0.482 e. The van der Waals surface area contributed by atoms with E-state index in [1.807, 2.05) is 18.2 Å². The molecule has 0 radical (unpaired) electrons. The van der Waals surface area contributed by atoms with Crippen molar-refractivity contribution in [2.75, 3.05) is 26.2 Å². The van der Waals surface area contributed by atoms with Gasteiger partial charge in [-0.1, -0.05) is 54.1 Å². The average molecular weight is 373 g/mol.